The Kier molecular flexibility index (Phi) is 5.11. The highest BCUT2D eigenvalue weighted by molar-refractivity contribution is 5.90. The summed E-state index contributed by atoms with van der Waals surface area (Å²) in [7, 11) is 1.63. The van der Waals surface area contributed by atoms with Crippen LogP contribution in [0, 0.1) is 17.2 Å². The molecular weight excluding hydrogens is 238 g/mol. The predicted molar refractivity (Wildman–Crippen MR) is 75.3 cm³/mol. The van der Waals surface area contributed by atoms with Crippen molar-refractivity contribution in [2.45, 2.75) is 39.5 Å². The van der Waals surface area contributed by atoms with Crippen LogP contribution in [-0.4, -0.2) is 12.9 Å². The number of hydrogen-bond donors (Lipinski definition) is 0. The SMILES string of the molecule is COc1ccc(C(C#N)C(=O)C(C)C)cc1C(C)C. The van der Waals surface area contributed by atoms with Gasteiger partial charge in [-0.25, -0.2) is 0 Å². The van der Waals surface area contributed by atoms with Gasteiger partial charge in [-0.3, -0.25) is 4.79 Å². The number of methoxy groups -OCH3 is 1. The highest BCUT2D eigenvalue weighted by Gasteiger charge is 2.24. The smallest absolute Gasteiger partial charge is 0.156 e. The van der Waals surface area contributed by atoms with Crippen molar-refractivity contribution >= 4 is 5.78 Å². The van der Waals surface area contributed by atoms with E-state index in [1.54, 1.807) is 13.2 Å². The van der Waals surface area contributed by atoms with E-state index in [0.29, 0.717) is 0 Å². The number of nitrogens with zero attached hydrogens (tertiary/aromatic N) is 1. The van der Waals surface area contributed by atoms with E-state index in [2.05, 4.69) is 19.9 Å². The Balaban J connectivity index is 3.24. The fourth-order valence-electron chi connectivity index (χ4n) is 2.02. The highest BCUT2D eigenvalue weighted by Crippen LogP contribution is 2.30. The van der Waals surface area contributed by atoms with Crippen LogP contribution in [-0.2, 0) is 4.79 Å². The number of benzene rings is 1. The van der Waals surface area contributed by atoms with Gasteiger partial charge in [0, 0.05) is 5.92 Å². The number of ketones is 1. The number of ether oxygens (including phenoxy) is 1. The van der Waals surface area contributed by atoms with Crippen molar-refractivity contribution in [3.63, 3.8) is 0 Å². The van der Waals surface area contributed by atoms with Gasteiger partial charge in [-0.1, -0.05) is 39.8 Å². The largest absolute Gasteiger partial charge is 0.496 e. The van der Waals surface area contributed by atoms with Crippen LogP contribution in [0.25, 0.3) is 0 Å². The minimum atomic E-state index is -0.691. The first-order valence-electron chi connectivity index (χ1n) is 6.53. The monoisotopic (exact) mass is 259 g/mol. The van der Waals surface area contributed by atoms with Crippen LogP contribution in [0.5, 0.6) is 5.75 Å². The van der Waals surface area contributed by atoms with Gasteiger partial charge in [-0.2, -0.15) is 5.26 Å². The third kappa shape index (κ3) is 3.35. The molecule has 0 spiro atoms. The average Bonchev–Trinajstić information content (AvgIpc) is 2.39. The maximum atomic E-state index is 12.1. The van der Waals surface area contributed by atoms with Gasteiger partial charge in [0.05, 0.1) is 13.2 Å². The van der Waals surface area contributed by atoms with Crippen LogP contribution in [0.1, 0.15) is 50.7 Å². The van der Waals surface area contributed by atoms with Gasteiger partial charge >= 0.3 is 0 Å². The van der Waals surface area contributed by atoms with Gasteiger partial charge in [0.1, 0.15) is 11.7 Å². The van der Waals surface area contributed by atoms with Crippen LogP contribution in [0.4, 0.5) is 0 Å². The van der Waals surface area contributed by atoms with Crippen LogP contribution in [0.3, 0.4) is 0 Å². The van der Waals surface area contributed by atoms with Crippen LogP contribution in [0.15, 0.2) is 18.2 Å². The molecule has 1 atom stereocenters. The van der Waals surface area contributed by atoms with Gasteiger partial charge < -0.3 is 4.74 Å². The molecule has 1 aromatic rings. The maximum absolute atomic E-state index is 12.1. The summed E-state index contributed by atoms with van der Waals surface area (Å²) < 4.78 is 5.32. The van der Waals surface area contributed by atoms with E-state index in [1.165, 1.54) is 0 Å². The lowest BCUT2D eigenvalue weighted by Gasteiger charge is -2.16. The lowest BCUT2D eigenvalue weighted by molar-refractivity contribution is -0.122. The molecule has 3 heteroatoms. The molecule has 0 saturated heterocycles. The molecule has 3 nitrogen and oxygen atoms in total. The molecule has 0 aliphatic rings. The number of rotatable bonds is 5. The molecule has 0 fully saturated rings. The second-order valence-electron chi connectivity index (χ2n) is 5.28. The Morgan fingerprint density at radius 2 is 1.89 bits per heavy atom. The molecule has 102 valence electrons. The molecule has 1 aromatic carbocycles. The molecule has 0 amide bonds. The van der Waals surface area contributed by atoms with Gasteiger partial charge in [-0.05, 0) is 23.1 Å². The first-order valence-corrected chi connectivity index (χ1v) is 6.53. The first-order chi connectivity index (χ1) is 8.92. The molecule has 1 rings (SSSR count). The summed E-state index contributed by atoms with van der Waals surface area (Å²) in [4.78, 5) is 12.1. The second kappa shape index (κ2) is 6.38. The third-order valence-electron chi connectivity index (χ3n) is 3.19. The van der Waals surface area contributed by atoms with E-state index >= 15 is 0 Å². The Labute approximate surface area is 115 Å². The maximum Gasteiger partial charge on any atom is 0.156 e. The fraction of sp³-hybridized carbons (Fsp3) is 0.500. The number of hydrogen-bond acceptors (Lipinski definition) is 3. The third-order valence-corrected chi connectivity index (χ3v) is 3.19. The Morgan fingerprint density at radius 3 is 2.32 bits per heavy atom. The standard InChI is InChI=1S/C16H21NO2/c1-10(2)13-8-12(6-7-15(13)19-5)14(9-17)16(18)11(3)4/h6-8,10-11,14H,1-5H3. The van der Waals surface area contributed by atoms with Gasteiger partial charge in [0.15, 0.2) is 5.78 Å². The van der Waals surface area contributed by atoms with Crippen molar-refractivity contribution < 1.29 is 9.53 Å². The summed E-state index contributed by atoms with van der Waals surface area (Å²) >= 11 is 0. The Bertz CT molecular complexity index is 498. The second-order valence-corrected chi connectivity index (χ2v) is 5.28. The fourth-order valence-corrected chi connectivity index (χ4v) is 2.02. The molecule has 0 aliphatic carbocycles. The van der Waals surface area contributed by atoms with E-state index in [0.717, 1.165) is 16.9 Å². The molecular formula is C16H21NO2. The number of carbonyl (C=O) groups excluding carboxylic acids is 1. The molecule has 0 saturated carbocycles. The quantitative estimate of drug-likeness (QED) is 0.811. The molecule has 0 radical (unpaired) electrons. The molecule has 0 N–H and O–H groups in total. The summed E-state index contributed by atoms with van der Waals surface area (Å²) in [5, 5.41) is 9.25. The Morgan fingerprint density at radius 1 is 1.26 bits per heavy atom. The number of Topliss-reactive ketones (excluding diaryl/α,β-unsaturated/α-hetero) is 1. The predicted octanol–water partition coefficient (Wildman–Crippen LogP) is 3.65. The van der Waals surface area contributed by atoms with E-state index in [-0.39, 0.29) is 17.6 Å². The van der Waals surface area contributed by atoms with E-state index in [4.69, 9.17) is 4.74 Å². The minimum absolute atomic E-state index is 0.0395. The van der Waals surface area contributed by atoms with Gasteiger partial charge in [0.2, 0.25) is 0 Å². The minimum Gasteiger partial charge on any atom is -0.496 e. The lowest BCUT2D eigenvalue weighted by atomic mass is 9.87. The molecule has 19 heavy (non-hydrogen) atoms. The molecule has 0 aliphatic heterocycles. The van der Waals surface area contributed by atoms with Crippen molar-refractivity contribution in [1.29, 1.82) is 5.26 Å². The van der Waals surface area contributed by atoms with Crippen molar-refractivity contribution in [2.75, 3.05) is 7.11 Å². The summed E-state index contributed by atoms with van der Waals surface area (Å²) in [6.07, 6.45) is 0. The van der Waals surface area contributed by atoms with E-state index in [1.807, 2.05) is 26.0 Å². The number of carbonyl (C=O) groups is 1. The van der Waals surface area contributed by atoms with Crippen LogP contribution < -0.4 is 4.74 Å². The van der Waals surface area contributed by atoms with Gasteiger partial charge in [0.25, 0.3) is 0 Å². The summed E-state index contributed by atoms with van der Waals surface area (Å²) in [5.41, 5.74) is 1.78. The summed E-state index contributed by atoms with van der Waals surface area (Å²) in [6, 6.07) is 7.67. The zero-order valence-corrected chi connectivity index (χ0v) is 12.2. The average molecular weight is 259 g/mol. The van der Waals surface area contributed by atoms with E-state index in [9.17, 15) is 10.1 Å². The molecule has 0 heterocycles. The highest BCUT2D eigenvalue weighted by atomic mass is 16.5. The topological polar surface area (TPSA) is 50.1 Å². The van der Waals surface area contributed by atoms with Crippen molar-refractivity contribution in [3.8, 4) is 11.8 Å². The number of nitriles is 1. The molecule has 0 bridgehead atoms. The molecule has 1 unspecified atom stereocenters. The Hall–Kier alpha value is -1.82. The normalized spacial score (nSPS) is 12.3. The summed E-state index contributed by atoms with van der Waals surface area (Å²) in [5.74, 6) is 0.205. The summed E-state index contributed by atoms with van der Waals surface area (Å²) in [6.45, 7) is 7.76. The van der Waals surface area contributed by atoms with Crippen molar-refractivity contribution in [1.82, 2.24) is 0 Å². The first kappa shape index (κ1) is 15.2. The van der Waals surface area contributed by atoms with Gasteiger partial charge in [-0.15, -0.1) is 0 Å². The van der Waals surface area contributed by atoms with Crippen molar-refractivity contribution in [2.24, 2.45) is 5.92 Å². The lowest BCUT2D eigenvalue weighted by Crippen LogP contribution is -2.17. The molecule has 0 aromatic heterocycles. The van der Waals surface area contributed by atoms with Crippen LogP contribution >= 0.6 is 0 Å². The van der Waals surface area contributed by atoms with E-state index < -0.39 is 5.92 Å². The van der Waals surface area contributed by atoms with Crippen LogP contribution in [0.2, 0.25) is 0 Å². The van der Waals surface area contributed by atoms with Crippen molar-refractivity contribution in [3.05, 3.63) is 29.3 Å². The zero-order chi connectivity index (χ0) is 14.6. The zero-order valence-electron chi connectivity index (χ0n) is 12.2.